The van der Waals surface area contributed by atoms with E-state index < -0.39 is 5.41 Å². The van der Waals surface area contributed by atoms with Crippen LogP contribution in [0.15, 0.2) is 48.3 Å². The van der Waals surface area contributed by atoms with Crippen LogP contribution in [-0.4, -0.2) is 19.5 Å². The standard InChI is InChI=1S/C20H26O3/c1-5-23-18-10-11-20(13-15(2)3,19(21)12-18)14-16-6-8-17(22-4)9-7-16/h6-9,12H,2,5,10-11,13-14H2,1,3-4H3. The zero-order valence-corrected chi connectivity index (χ0v) is 14.4. The summed E-state index contributed by atoms with van der Waals surface area (Å²) in [5, 5.41) is 0. The van der Waals surface area contributed by atoms with E-state index in [0.717, 1.165) is 41.9 Å². The van der Waals surface area contributed by atoms with Crippen molar-refractivity contribution in [1.82, 2.24) is 0 Å². The lowest BCUT2D eigenvalue weighted by Gasteiger charge is -2.35. The number of carbonyl (C=O) groups is 1. The molecular formula is C20H26O3. The second-order valence-corrected chi connectivity index (χ2v) is 6.35. The lowest BCUT2D eigenvalue weighted by molar-refractivity contribution is -0.125. The van der Waals surface area contributed by atoms with E-state index in [1.807, 2.05) is 38.1 Å². The first kappa shape index (κ1) is 17.3. The van der Waals surface area contributed by atoms with Crippen LogP contribution in [0.1, 0.15) is 38.7 Å². The highest BCUT2D eigenvalue weighted by Crippen LogP contribution is 2.41. The molecule has 1 aliphatic rings. The van der Waals surface area contributed by atoms with E-state index in [0.29, 0.717) is 13.0 Å². The highest BCUT2D eigenvalue weighted by molar-refractivity contribution is 5.96. The number of ether oxygens (including phenoxy) is 2. The fraction of sp³-hybridized carbons (Fsp3) is 0.450. The Morgan fingerprint density at radius 2 is 2.00 bits per heavy atom. The number of hydrogen-bond donors (Lipinski definition) is 0. The Morgan fingerprint density at radius 1 is 1.30 bits per heavy atom. The van der Waals surface area contributed by atoms with Crippen molar-refractivity contribution in [3.63, 3.8) is 0 Å². The van der Waals surface area contributed by atoms with Crippen LogP contribution in [0.5, 0.6) is 5.75 Å². The predicted octanol–water partition coefficient (Wildman–Crippen LogP) is 4.47. The predicted molar refractivity (Wildman–Crippen MR) is 92.5 cm³/mol. The monoisotopic (exact) mass is 314 g/mol. The molecular weight excluding hydrogens is 288 g/mol. The molecule has 3 nitrogen and oxygen atoms in total. The minimum atomic E-state index is -0.402. The Hall–Kier alpha value is -2.03. The van der Waals surface area contributed by atoms with Crippen LogP contribution in [0.3, 0.4) is 0 Å². The Balaban J connectivity index is 2.25. The van der Waals surface area contributed by atoms with E-state index in [9.17, 15) is 4.79 Å². The van der Waals surface area contributed by atoms with Gasteiger partial charge in [-0.3, -0.25) is 4.79 Å². The van der Waals surface area contributed by atoms with Gasteiger partial charge in [-0.05, 0) is 50.8 Å². The van der Waals surface area contributed by atoms with Crippen molar-refractivity contribution >= 4 is 5.78 Å². The summed E-state index contributed by atoms with van der Waals surface area (Å²) in [7, 11) is 1.66. The largest absolute Gasteiger partial charge is 0.498 e. The van der Waals surface area contributed by atoms with Crippen molar-refractivity contribution in [2.24, 2.45) is 5.41 Å². The first-order valence-corrected chi connectivity index (χ1v) is 8.14. The molecule has 1 atom stereocenters. The highest BCUT2D eigenvalue weighted by atomic mass is 16.5. The lowest BCUT2D eigenvalue weighted by Crippen LogP contribution is -2.36. The van der Waals surface area contributed by atoms with Gasteiger partial charge in [0.25, 0.3) is 0 Å². The fourth-order valence-electron chi connectivity index (χ4n) is 3.28. The Bertz CT molecular complexity index is 598. The van der Waals surface area contributed by atoms with Crippen molar-refractivity contribution in [2.75, 3.05) is 13.7 Å². The molecule has 0 N–H and O–H groups in total. The summed E-state index contributed by atoms with van der Waals surface area (Å²) in [4.78, 5) is 12.8. The Labute approximate surface area is 139 Å². The molecule has 0 aromatic heterocycles. The van der Waals surface area contributed by atoms with Crippen molar-refractivity contribution in [3.05, 3.63) is 53.8 Å². The van der Waals surface area contributed by atoms with Crippen LogP contribution in [-0.2, 0) is 16.0 Å². The minimum absolute atomic E-state index is 0.158. The third-order valence-corrected chi connectivity index (χ3v) is 4.34. The molecule has 0 aliphatic heterocycles. The molecule has 124 valence electrons. The third-order valence-electron chi connectivity index (χ3n) is 4.34. The zero-order chi connectivity index (χ0) is 16.9. The Morgan fingerprint density at radius 3 is 2.52 bits per heavy atom. The molecule has 0 spiro atoms. The summed E-state index contributed by atoms with van der Waals surface area (Å²) in [6, 6.07) is 7.96. The summed E-state index contributed by atoms with van der Waals surface area (Å²) in [6.45, 7) is 8.56. The van der Waals surface area contributed by atoms with Crippen LogP contribution in [0.25, 0.3) is 0 Å². The number of rotatable bonds is 7. The number of benzene rings is 1. The normalized spacial score (nSPS) is 20.8. The number of ketones is 1. The fourth-order valence-corrected chi connectivity index (χ4v) is 3.28. The van der Waals surface area contributed by atoms with E-state index in [4.69, 9.17) is 9.47 Å². The van der Waals surface area contributed by atoms with Crippen molar-refractivity contribution in [1.29, 1.82) is 0 Å². The number of hydrogen-bond acceptors (Lipinski definition) is 3. The van der Waals surface area contributed by atoms with Gasteiger partial charge in [0.2, 0.25) is 0 Å². The van der Waals surface area contributed by atoms with Crippen LogP contribution in [0.2, 0.25) is 0 Å². The number of allylic oxidation sites excluding steroid dienone is 3. The maximum Gasteiger partial charge on any atom is 0.165 e. The highest BCUT2D eigenvalue weighted by Gasteiger charge is 2.39. The minimum Gasteiger partial charge on any atom is -0.498 e. The second-order valence-electron chi connectivity index (χ2n) is 6.35. The van der Waals surface area contributed by atoms with Gasteiger partial charge in [0, 0.05) is 17.9 Å². The number of methoxy groups -OCH3 is 1. The molecule has 0 saturated carbocycles. The summed E-state index contributed by atoms with van der Waals surface area (Å²) < 4.78 is 10.7. The second kappa shape index (κ2) is 7.49. The van der Waals surface area contributed by atoms with E-state index in [1.54, 1.807) is 13.2 Å². The maximum absolute atomic E-state index is 12.8. The maximum atomic E-state index is 12.8. The number of carbonyl (C=O) groups excluding carboxylic acids is 1. The molecule has 1 aliphatic carbocycles. The Kier molecular flexibility index (Phi) is 5.64. The van der Waals surface area contributed by atoms with Gasteiger partial charge in [-0.25, -0.2) is 0 Å². The molecule has 0 fully saturated rings. The van der Waals surface area contributed by atoms with Crippen LogP contribution in [0, 0.1) is 5.41 Å². The van der Waals surface area contributed by atoms with Gasteiger partial charge in [0.15, 0.2) is 5.78 Å². The molecule has 0 amide bonds. The van der Waals surface area contributed by atoms with Gasteiger partial charge >= 0.3 is 0 Å². The smallest absolute Gasteiger partial charge is 0.165 e. The first-order chi connectivity index (χ1) is 11.0. The molecule has 1 aromatic rings. The van der Waals surface area contributed by atoms with Crippen molar-refractivity contribution in [2.45, 2.75) is 39.5 Å². The lowest BCUT2D eigenvalue weighted by atomic mass is 9.68. The van der Waals surface area contributed by atoms with E-state index in [1.165, 1.54) is 0 Å². The summed E-state index contributed by atoms with van der Waals surface area (Å²) in [6.07, 6.45) is 4.74. The van der Waals surface area contributed by atoms with Crippen LogP contribution < -0.4 is 4.74 Å². The molecule has 2 rings (SSSR count). The summed E-state index contributed by atoms with van der Waals surface area (Å²) >= 11 is 0. The molecule has 1 unspecified atom stereocenters. The van der Waals surface area contributed by atoms with E-state index >= 15 is 0 Å². The molecule has 23 heavy (non-hydrogen) atoms. The van der Waals surface area contributed by atoms with Gasteiger partial charge < -0.3 is 9.47 Å². The average molecular weight is 314 g/mol. The van der Waals surface area contributed by atoms with Gasteiger partial charge in [0.1, 0.15) is 5.75 Å². The van der Waals surface area contributed by atoms with Gasteiger partial charge in [0.05, 0.1) is 19.5 Å². The van der Waals surface area contributed by atoms with E-state index in [-0.39, 0.29) is 5.78 Å². The van der Waals surface area contributed by atoms with Gasteiger partial charge in [-0.15, -0.1) is 6.58 Å². The van der Waals surface area contributed by atoms with E-state index in [2.05, 4.69) is 6.58 Å². The topological polar surface area (TPSA) is 35.5 Å². The molecule has 0 radical (unpaired) electrons. The van der Waals surface area contributed by atoms with Gasteiger partial charge in [-0.1, -0.05) is 17.7 Å². The molecule has 0 bridgehead atoms. The molecule has 0 saturated heterocycles. The summed E-state index contributed by atoms with van der Waals surface area (Å²) in [5.74, 6) is 1.80. The SMILES string of the molecule is C=C(C)CC1(Cc2ccc(OC)cc2)CCC(OCC)=CC1=O. The molecule has 3 heteroatoms. The quantitative estimate of drug-likeness (QED) is 0.696. The molecule has 1 aromatic carbocycles. The van der Waals surface area contributed by atoms with Crippen LogP contribution in [0.4, 0.5) is 0 Å². The van der Waals surface area contributed by atoms with Crippen LogP contribution >= 0.6 is 0 Å². The van der Waals surface area contributed by atoms with Crippen molar-refractivity contribution in [3.8, 4) is 5.75 Å². The van der Waals surface area contributed by atoms with Crippen molar-refractivity contribution < 1.29 is 14.3 Å². The third kappa shape index (κ3) is 4.25. The van der Waals surface area contributed by atoms with Gasteiger partial charge in [-0.2, -0.15) is 0 Å². The zero-order valence-electron chi connectivity index (χ0n) is 14.4. The summed E-state index contributed by atoms with van der Waals surface area (Å²) in [5.41, 5.74) is 1.79. The average Bonchev–Trinajstić information content (AvgIpc) is 2.51. The first-order valence-electron chi connectivity index (χ1n) is 8.14. The molecule has 0 heterocycles.